The van der Waals surface area contributed by atoms with Crippen LogP contribution in [0.4, 0.5) is 0 Å². The summed E-state index contributed by atoms with van der Waals surface area (Å²) in [6, 6.07) is 0. The molecule has 0 unspecified atom stereocenters. The van der Waals surface area contributed by atoms with Crippen molar-refractivity contribution in [1.29, 1.82) is 0 Å². The average molecular weight is 260 g/mol. The lowest BCUT2D eigenvalue weighted by molar-refractivity contribution is -0.146. The van der Waals surface area contributed by atoms with Gasteiger partial charge in [0.25, 0.3) is 0 Å². The highest BCUT2D eigenvalue weighted by molar-refractivity contribution is 7.07. The Morgan fingerprint density at radius 3 is 2.71 bits per heavy atom. The van der Waals surface area contributed by atoms with E-state index in [0.29, 0.717) is 5.69 Å². The minimum Gasteiger partial charge on any atom is -0.479 e. The van der Waals surface area contributed by atoms with E-state index in [1.807, 2.05) is 0 Å². The van der Waals surface area contributed by atoms with Crippen LogP contribution in [0.5, 0.6) is 0 Å². The van der Waals surface area contributed by atoms with Gasteiger partial charge in [-0.25, -0.2) is 4.79 Å². The summed E-state index contributed by atoms with van der Waals surface area (Å²) in [5.41, 5.74) is 0.661. The summed E-state index contributed by atoms with van der Waals surface area (Å²) in [4.78, 5) is 32.7. The van der Waals surface area contributed by atoms with E-state index in [9.17, 15) is 14.4 Å². The fourth-order valence-electron chi connectivity index (χ4n) is 1.09. The zero-order chi connectivity index (χ0) is 13.0. The monoisotopic (exact) mass is 260 g/mol. The van der Waals surface area contributed by atoms with Crippen LogP contribution < -0.4 is 10.2 Å². The van der Waals surface area contributed by atoms with Gasteiger partial charge in [0.2, 0.25) is 5.91 Å². The summed E-state index contributed by atoms with van der Waals surface area (Å²) in [5, 5.41) is 21.2. The van der Waals surface area contributed by atoms with Crippen LogP contribution in [0.25, 0.3) is 0 Å². The van der Waals surface area contributed by atoms with Crippen molar-refractivity contribution in [3.8, 4) is 0 Å². The van der Waals surface area contributed by atoms with Gasteiger partial charge in [0.15, 0.2) is 6.10 Å². The normalized spacial score (nSPS) is 12.1. The first-order valence-electron chi connectivity index (χ1n) is 4.74. The molecule has 0 fully saturated rings. The molecule has 7 nitrogen and oxygen atoms in total. The molecular weight excluding hydrogens is 248 g/mol. The molecule has 0 aliphatic heterocycles. The molecule has 1 rings (SSSR count). The number of nitrogens with one attached hydrogen (secondary N) is 1. The second-order valence-electron chi connectivity index (χ2n) is 3.39. The van der Waals surface area contributed by atoms with E-state index in [1.54, 1.807) is 12.3 Å². The third-order valence-corrected chi connectivity index (χ3v) is 2.94. The quantitative estimate of drug-likeness (QED) is 0.615. The molecule has 1 heterocycles. The maximum absolute atomic E-state index is 11.4. The van der Waals surface area contributed by atoms with E-state index >= 15 is 0 Å². The maximum atomic E-state index is 11.4. The first-order chi connectivity index (χ1) is 7.91. The first-order valence-corrected chi connectivity index (χ1v) is 5.62. The second-order valence-corrected chi connectivity index (χ2v) is 4.21. The average Bonchev–Trinajstić information content (AvgIpc) is 2.57. The van der Waals surface area contributed by atoms with Gasteiger partial charge in [0, 0.05) is 11.1 Å². The number of aliphatic hydroxyl groups excluding tert-OH is 1. The second kappa shape index (κ2) is 5.60. The summed E-state index contributed by atoms with van der Waals surface area (Å²) in [5.74, 6) is -1.93. The maximum Gasteiger partial charge on any atom is 0.334 e. The van der Waals surface area contributed by atoms with Crippen LogP contribution in [0.1, 0.15) is 5.69 Å². The van der Waals surface area contributed by atoms with Crippen molar-refractivity contribution in [3.05, 3.63) is 20.7 Å². The Bertz CT molecular complexity index is 478. The lowest BCUT2D eigenvalue weighted by Gasteiger charge is -2.08. The Labute approximate surface area is 100 Å². The van der Waals surface area contributed by atoms with Crippen molar-refractivity contribution in [2.45, 2.75) is 19.6 Å². The molecule has 3 N–H and O–H groups in total. The summed E-state index contributed by atoms with van der Waals surface area (Å²) in [6.45, 7) is 1.13. The Morgan fingerprint density at radius 2 is 2.24 bits per heavy atom. The molecule has 0 spiro atoms. The number of aromatic nitrogens is 1. The molecule has 0 aliphatic carbocycles. The molecule has 0 aromatic carbocycles. The number of carbonyl (C=O) groups excluding carboxylic acids is 1. The molecular formula is C9H12N2O5S. The molecule has 0 saturated carbocycles. The minimum atomic E-state index is -1.64. The number of aliphatic hydroxyl groups is 1. The van der Waals surface area contributed by atoms with Crippen LogP contribution in [0.15, 0.2) is 10.2 Å². The number of hydrogen-bond donors (Lipinski definition) is 3. The summed E-state index contributed by atoms with van der Waals surface area (Å²) in [6.07, 6.45) is -1.64. The molecule has 8 heteroatoms. The van der Waals surface area contributed by atoms with E-state index in [-0.39, 0.29) is 18.0 Å². The van der Waals surface area contributed by atoms with Crippen molar-refractivity contribution in [2.24, 2.45) is 0 Å². The number of carbonyl (C=O) groups is 2. The van der Waals surface area contributed by atoms with Crippen molar-refractivity contribution < 1.29 is 19.8 Å². The lowest BCUT2D eigenvalue weighted by Crippen LogP contribution is -2.39. The van der Waals surface area contributed by atoms with Crippen LogP contribution in [0.2, 0.25) is 0 Å². The number of aryl methyl sites for hydroxylation is 1. The van der Waals surface area contributed by atoms with Gasteiger partial charge in [-0.15, -0.1) is 0 Å². The van der Waals surface area contributed by atoms with Gasteiger partial charge in [0.05, 0.1) is 6.54 Å². The predicted octanol–water partition coefficient (Wildman–Crippen LogP) is -1.22. The lowest BCUT2D eigenvalue weighted by atomic mass is 10.3. The van der Waals surface area contributed by atoms with E-state index in [0.717, 1.165) is 11.3 Å². The molecule has 0 bridgehead atoms. The molecule has 0 saturated heterocycles. The SMILES string of the molecule is Cc1csc(=O)n1CC(=O)NC[C@H](O)C(=O)O. The van der Waals surface area contributed by atoms with Gasteiger partial charge >= 0.3 is 10.8 Å². The predicted molar refractivity (Wildman–Crippen MR) is 60.0 cm³/mol. The van der Waals surface area contributed by atoms with Crippen LogP contribution in [0.3, 0.4) is 0 Å². The first kappa shape index (κ1) is 13.4. The van der Waals surface area contributed by atoms with E-state index in [4.69, 9.17) is 10.2 Å². The Balaban J connectivity index is 2.51. The molecule has 1 aromatic heterocycles. The van der Waals surface area contributed by atoms with Crippen LogP contribution in [-0.2, 0) is 16.1 Å². The Kier molecular flexibility index (Phi) is 4.41. The molecule has 0 radical (unpaired) electrons. The van der Waals surface area contributed by atoms with Gasteiger partial charge < -0.3 is 15.5 Å². The standard InChI is InChI=1S/C9H12N2O5S/c1-5-4-17-9(16)11(5)3-7(13)10-2-6(12)8(14)15/h4,6,12H,2-3H2,1H3,(H,10,13)(H,14,15)/t6-/m0/s1. The van der Waals surface area contributed by atoms with Gasteiger partial charge in [-0.1, -0.05) is 11.3 Å². The number of carboxylic acids is 1. The Morgan fingerprint density at radius 1 is 1.59 bits per heavy atom. The number of aliphatic carboxylic acids is 1. The zero-order valence-electron chi connectivity index (χ0n) is 9.04. The number of thiazole rings is 1. The zero-order valence-corrected chi connectivity index (χ0v) is 9.86. The van der Waals surface area contributed by atoms with Crippen molar-refractivity contribution in [3.63, 3.8) is 0 Å². The molecule has 1 amide bonds. The van der Waals surface area contributed by atoms with Gasteiger partial charge in [0.1, 0.15) is 6.54 Å². The topological polar surface area (TPSA) is 109 Å². The molecule has 1 aromatic rings. The molecule has 17 heavy (non-hydrogen) atoms. The van der Waals surface area contributed by atoms with E-state index in [1.165, 1.54) is 4.57 Å². The summed E-state index contributed by atoms with van der Waals surface area (Å²) < 4.78 is 1.27. The van der Waals surface area contributed by atoms with Crippen LogP contribution in [-0.4, -0.2) is 39.3 Å². The number of hydrogen-bond acceptors (Lipinski definition) is 5. The Hall–Kier alpha value is -1.67. The highest BCUT2D eigenvalue weighted by atomic mass is 32.1. The summed E-state index contributed by atoms with van der Waals surface area (Å²) in [7, 11) is 0. The number of amides is 1. The smallest absolute Gasteiger partial charge is 0.334 e. The van der Waals surface area contributed by atoms with Crippen LogP contribution in [0, 0.1) is 6.92 Å². The number of carboxylic acid groups (broad SMARTS) is 1. The number of rotatable bonds is 5. The van der Waals surface area contributed by atoms with Crippen molar-refractivity contribution in [2.75, 3.05) is 6.54 Å². The fraction of sp³-hybridized carbons (Fsp3) is 0.444. The molecule has 94 valence electrons. The van der Waals surface area contributed by atoms with E-state index < -0.39 is 18.0 Å². The van der Waals surface area contributed by atoms with Gasteiger partial charge in [-0.05, 0) is 6.92 Å². The van der Waals surface area contributed by atoms with Gasteiger partial charge in [-0.2, -0.15) is 0 Å². The highest BCUT2D eigenvalue weighted by Gasteiger charge is 2.15. The fourth-order valence-corrected chi connectivity index (χ4v) is 1.83. The molecule has 0 aliphatic rings. The highest BCUT2D eigenvalue weighted by Crippen LogP contribution is 1.98. The van der Waals surface area contributed by atoms with Gasteiger partial charge in [-0.3, -0.25) is 14.2 Å². The third-order valence-electron chi connectivity index (χ3n) is 2.06. The van der Waals surface area contributed by atoms with Crippen molar-refractivity contribution in [1.82, 2.24) is 9.88 Å². The minimum absolute atomic E-state index is 0.180. The largest absolute Gasteiger partial charge is 0.479 e. The molecule has 1 atom stereocenters. The third kappa shape index (κ3) is 3.68. The van der Waals surface area contributed by atoms with Crippen LogP contribution >= 0.6 is 11.3 Å². The van der Waals surface area contributed by atoms with E-state index in [2.05, 4.69) is 5.32 Å². The summed E-state index contributed by atoms with van der Waals surface area (Å²) >= 11 is 0.986. The number of nitrogens with zero attached hydrogens (tertiary/aromatic N) is 1. The van der Waals surface area contributed by atoms with Crippen molar-refractivity contribution >= 4 is 23.2 Å².